The maximum Gasteiger partial charge on any atom is 0.251 e. The van der Waals surface area contributed by atoms with Crippen LogP contribution in [0.2, 0.25) is 5.02 Å². The number of halogens is 1. The third-order valence-electron chi connectivity index (χ3n) is 5.05. The molecule has 1 amide bonds. The molecular formula is C25H26ClN2O3S-. The number of rotatable bonds is 9. The number of benzene rings is 3. The van der Waals surface area contributed by atoms with Gasteiger partial charge >= 0.3 is 0 Å². The summed E-state index contributed by atoms with van der Waals surface area (Å²) in [6.45, 7) is 4.47. The molecule has 0 aliphatic rings. The molecule has 0 aromatic heterocycles. The van der Waals surface area contributed by atoms with E-state index >= 15 is 0 Å². The molecule has 3 aromatic carbocycles. The molecule has 5 nitrogen and oxygen atoms in total. The molecule has 7 heteroatoms. The normalized spacial score (nSPS) is 11.3. The van der Waals surface area contributed by atoms with E-state index in [1.165, 1.54) is 24.3 Å². The molecule has 0 saturated carbocycles. The molecule has 0 saturated heterocycles. The summed E-state index contributed by atoms with van der Waals surface area (Å²) in [6, 6.07) is 19.2. The fourth-order valence-corrected chi connectivity index (χ4v) is 4.54. The summed E-state index contributed by atoms with van der Waals surface area (Å²) in [4.78, 5) is 12.5. The molecule has 0 atom stereocenters. The highest BCUT2D eigenvalue weighted by Gasteiger charge is 2.13. The lowest BCUT2D eigenvalue weighted by molar-refractivity contribution is 0.0956. The van der Waals surface area contributed by atoms with Gasteiger partial charge in [-0.3, -0.25) is 4.79 Å². The minimum absolute atomic E-state index is 0.0313. The average molecular weight is 470 g/mol. The number of carbonyl (C=O) groups excluding carboxylic acids is 1. The Balaban J connectivity index is 2.00. The third-order valence-corrected chi connectivity index (χ3v) is 6.64. The molecule has 0 bridgehead atoms. The summed E-state index contributed by atoms with van der Waals surface area (Å²) >= 11 is 5.87. The Labute approximate surface area is 194 Å². The second-order valence-corrected chi connectivity index (χ2v) is 9.47. The molecule has 0 heterocycles. The lowest BCUT2D eigenvalue weighted by Gasteiger charge is -2.23. The van der Waals surface area contributed by atoms with Crippen molar-refractivity contribution in [1.82, 2.24) is 5.32 Å². The Morgan fingerprint density at radius 2 is 1.66 bits per heavy atom. The van der Waals surface area contributed by atoms with Gasteiger partial charge in [0.1, 0.15) is 10.0 Å². The first-order valence-corrected chi connectivity index (χ1v) is 12.4. The Bertz CT molecular complexity index is 1190. The number of hydrogen-bond donors (Lipinski definition) is 1. The standard InChI is InChI=1S/C25H26ClN2O3S/c1-3-7-18-8-5-6-9-23(18)24-16-19(25(29)27-4-2)10-11-20(24)17-28-32(30,31)22-14-12-21(26)13-15-22/h5-6,8-16H,3-4,7,17H2,1-2H3,(H,27,29)/q-1. The number of hydrogen-bond acceptors (Lipinski definition) is 3. The molecule has 0 spiro atoms. The summed E-state index contributed by atoms with van der Waals surface area (Å²) in [5, 5.41) is 3.27. The molecule has 3 aromatic rings. The number of nitrogens with zero attached hydrogens (tertiary/aromatic N) is 1. The van der Waals surface area contributed by atoms with Crippen LogP contribution in [0.3, 0.4) is 0 Å². The van der Waals surface area contributed by atoms with Crippen molar-refractivity contribution in [1.29, 1.82) is 0 Å². The Morgan fingerprint density at radius 1 is 0.938 bits per heavy atom. The van der Waals surface area contributed by atoms with E-state index in [0.717, 1.165) is 35.1 Å². The Hall–Kier alpha value is -2.67. The maximum atomic E-state index is 12.7. The van der Waals surface area contributed by atoms with Gasteiger partial charge in [0.05, 0.1) is 0 Å². The van der Waals surface area contributed by atoms with Crippen molar-refractivity contribution in [2.24, 2.45) is 0 Å². The molecular weight excluding hydrogens is 444 g/mol. The molecule has 0 unspecified atom stereocenters. The van der Waals surface area contributed by atoms with Crippen molar-refractivity contribution in [3.05, 3.63) is 93.2 Å². The quantitative estimate of drug-likeness (QED) is 0.419. The smallest absolute Gasteiger partial charge is 0.251 e. The lowest BCUT2D eigenvalue weighted by Crippen LogP contribution is -2.22. The Kier molecular flexibility index (Phi) is 8.07. The summed E-state index contributed by atoms with van der Waals surface area (Å²) in [5.74, 6) is -0.168. The van der Waals surface area contributed by atoms with Crippen molar-refractivity contribution in [3.8, 4) is 11.1 Å². The summed E-state index contributed by atoms with van der Waals surface area (Å²) in [5.41, 5.74) is 4.20. The van der Waals surface area contributed by atoms with E-state index in [1.807, 2.05) is 31.2 Å². The number of amides is 1. The van der Waals surface area contributed by atoms with Crippen molar-refractivity contribution in [2.45, 2.75) is 38.1 Å². The molecule has 3 rings (SSSR count). The maximum absolute atomic E-state index is 12.7. The predicted octanol–water partition coefficient (Wildman–Crippen LogP) is 5.97. The van der Waals surface area contributed by atoms with Gasteiger partial charge in [0.15, 0.2) is 0 Å². The van der Waals surface area contributed by atoms with Gasteiger partial charge in [-0.15, -0.1) is 6.54 Å². The van der Waals surface area contributed by atoms with E-state index < -0.39 is 10.0 Å². The monoisotopic (exact) mass is 469 g/mol. The van der Waals surface area contributed by atoms with Crippen LogP contribution >= 0.6 is 11.6 Å². The van der Waals surface area contributed by atoms with Gasteiger partial charge in [-0.2, -0.15) is 0 Å². The fraction of sp³-hybridized carbons (Fsp3) is 0.240. The first-order chi connectivity index (χ1) is 15.4. The average Bonchev–Trinajstić information content (AvgIpc) is 2.79. The minimum atomic E-state index is -3.84. The van der Waals surface area contributed by atoms with Crippen molar-refractivity contribution >= 4 is 27.5 Å². The Morgan fingerprint density at radius 3 is 2.34 bits per heavy atom. The van der Waals surface area contributed by atoms with E-state index in [0.29, 0.717) is 17.1 Å². The molecule has 0 aliphatic carbocycles. The van der Waals surface area contributed by atoms with Crippen molar-refractivity contribution < 1.29 is 13.2 Å². The number of nitrogens with one attached hydrogen (secondary N) is 1. The topological polar surface area (TPSA) is 77.3 Å². The van der Waals surface area contributed by atoms with E-state index in [2.05, 4.69) is 23.0 Å². The third kappa shape index (κ3) is 5.76. The van der Waals surface area contributed by atoms with Crippen LogP contribution in [0.4, 0.5) is 0 Å². The first-order valence-electron chi connectivity index (χ1n) is 10.5. The van der Waals surface area contributed by atoms with Gasteiger partial charge in [-0.05, 0) is 66.4 Å². The zero-order valence-electron chi connectivity index (χ0n) is 18.1. The number of carbonyl (C=O) groups is 1. The zero-order valence-corrected chi connectivity index (χ0v) is 19.7. The highest BCUT2D eigenvalue weighted by Crippen LogP contribution is 2.32. The predicted molar refractivity (Wildman–Crippen MR) is 130 cm³/mol. The highest BCUT2D eigenvalue weighted by atomic mass is 35.5. The minimum Gasteiger partial charge on any atom is -0.541 e. The summed E-state index contributed by atoms with van der Waals surface area (Å²) < 4.78 is 29.5. The highest BCUT2D eigenvalue weighted by molar-refractivity contribution is 7.94. The SMILES string of the molecule is CCCc1ccccc1-c1cc(C(=O)NCC)ccc1C[N-]S(=O)(=O)c1ccc(Cl)cc1. The van der Waals surface area contributed by atoms with E-state index in [1.54, 1.807) is 12.1 Å². The number of aryl methyl sites for hydroxylation is 1. The lowest BCUT2D eigenvalue weighted by atomic mass is 9.92. The molecule has 32 heavy (non-hydrogen) atoms. The number of sulfonamides is 1. The fourth-order valence-electron chi connectivity index (χ4n) is 3.47. The van der Waals surface area contributed by atoms with Gasteiger partial charge in [0.25, 0.3) is 5.91 Å². The van der Waals surface area contributed by atoms with Crippen LogP contribution in [0.25, 0.3) is 15.8 Å². The molecule has 0 radical (unpaired) electrons. The van der Waals surface area contributed by atoms with Gasteiger partial charge in [0, 0.05) is 22.0 Å². The summed E-state index contributed by atoms with van der Waals surface area (Å²) in [7, 11) is -3.84. The van der Waals surface area contributed by atoms with Crippen LogP contribution in [-0.2, 0) is 23.0 Å². The zero-order chi connectivity index (χ0) is 23.1. The van der Waals surface area contributed by atoms with E-state index in [9.17, 15) is 13.2 Å². The van der Waals surface area contributed by atoms with Crippen LogP contribution in [-0.4, -0.2) is 20.9 Å². The van der Waals surface area contributed by atoms with Gasteiger partial charge < -0.3 is 10.0 Å². The second-order valence-electron chi connectivity index (χ2n) is 7.35. The molecule has 1 N–H and O–H groups in total. The van der Waals surface area contributed by atoms with E-state index in [-0.39, 0.29) is 17.3 Å². The van der Waals surface area contributed by atoms with Crippen LogP contribution in [0, 0.1) is 0 Å². The van der Waals surface area contributed by atoms with Crippen LogP contribution in [0.15, 0.2) is 71.6 Å². The van der Waals surface area contributed by atoms with Crippen LogP contribution in [0.5, 0.6) is 0 Å². The first kappa shape index (κ1) is 24.0. The largest absolute Gasteiger partial charge is 0.541 e. The molecule has 0 fully saturated rings. The van der Waals surface area contributed by atoms with Crippen LogP contribution < -0.4 is 5.32 Å². The van der Waals surface area contributed by atoms with Gasteiger partial charge in [-0.1, -0.05) is 60.8 Å². The van der Waals surface area contributed by atoms with Gasteiger partial charge in [0.2, 0.25) is 0 Å². The van der Waals surface area contributed by atoms with Crippen molar-refractivity contribution in [3.63, 3.8) is 0 Å². The molecule has 168 valence electrons. The second kappa shape index (κ2) is 10.8. The van der Waals surface area contributed by atoms with E-state index in [4.69, 9.17) is 11.6 Å². The summed E-state index contributed by atoms with van der Waals surface area (Å²) in [6.07, 6.45) is 1.85. The van der Waals surface area contributed by atoms with Gasteiger partial charge in [-0.25, -0.2) is 8.42 Å². The molecule has 0 aliphatic heterocycles. The van der Waals surface area contributed by atoms with Crippen molar-refractivity contribution in [2.75, 3.05) is 6.54 Å². The van der Waals surface area contributed by atoms with Crippen LogP contribution in [0.1, 0.15) is 41.8 Å².